The van der Waals surface area contributed by atoms with E-state index < -0.39 is 89.1 Å². The van der Waals surface area contributed by atoms with E-state index in [0.29, 0.717) is 0 Å². The number of aromatic amines is 2. The lowest BCUT2D eigenvalue weighted by Gasteiger charge is -2.27. The highest BCUT2D eigenvalue weighted by molar-refractivity contribution is 7.47. The van der Waals surface area contributed by atoms with E-state index >= 15 is 0 Å². The summed E-state index contributed by atoms with van der Waals surface area (Å²) < 4.78 is 60.6. The summed E-state index contributed by atoms with van der Waals surface area (Å²) in [7, 11) is -10.1. The zero-order valence-electron chi connectivity index (χ0n) is 33.4. The van der Waals surface area contributed by atoms with Crippen molar-refractivity contribution in [1.82, 2.24) is 48.8 Å². The van der Waals surface area contributed by atoms with Crippen molar-refractivity contribution in [2.24, 2.45) is 0 Å². The second kappa shape index (κ2) is 19.9. The van der Waals surface area contributed by atoms with Crippen LogP contribution in [0.5, 0.6) is 0 Å². The van der Waals surface area contributed by atoms with Crippen LogP contribution in [0.25, 0.3) is 22.3 Å². The lowest BCUT2D eigenvalue weighted by Crippen LogP contribution is -2.39. The molecule has 3 fully saturated rings. The Labute approximate surface area is 337 Å². The van der Waals surface area contributed by atoms with Crippen molar-refractivity contribution >= 4 is 43.9 Å². The minimum atomic E-state index is -5.08. The van der Waals surface area contributed by atoms with E-state index in [4.69, 9.17) is 33.3 Å². The fourth-order valence-corrected chi connectivity index (χ4v) is 8.58. The molecule has 0 amide bonds. The second-order valence-electron chi connectivity index (χ2n) is 13.4. The highest BCUT2D eigenvalue weighted by atomic mass is 31.2. The minimum absolute atomic E-state index is 0.0118. The number of aliphatic hydroxyl groups is 2. The Balaban J connectivity index is 0.000000407. The molecule has 27 heteroatoms. The average Bonchev–Trinajstić information content (AvgIpc) is 3.96. The molecule has 0 aromatic carbocycles. The first-order valence-corrected chi connectivity index (χ1v) is 22.1. The number of phosphoric ester groups is 2. The molecular weight excluding hydrogens is 824 g/mol. The Kier molecular flexibility index (Phi) is 15.7. The standard InChI is InChI=1S/C20H23N9O14P2.2C6H15N/c21-20-26-15-9(17(33)27-20)25-5-29(15)19-11(31)13-7(41-19)2-39-44(34,35)42-12-6(1-38-45(36,37)43-13)40-18(10(12)30)28-4-24-8-14(28)22-3-23-16(8)32;2*1-4-7(5-2)6-3/h3-7,10-13,18-19,30-31H,1-2H2,(H,34,35)(H,36,37)(H,22,23,32)(H3,21,26,27,33);2*4-6H2,1-3H3/t6-,7-,10-,11-,12-,13-,18-,19-;;/m1../s1. The van der Waals surface area contributed by atoms with Gasteiger partial charge < -0.3 is 50.0 Å². The van der Waals surface area contributed by atoms with Crippen molar-refractivity contribution in [3.05, 3.63) is 39.7 Å². The molecule has 0 spiro atoms. The number of nitrogens with one attached hydrogen (secondary N) is 2. The molecule has 0 radical (unpaired) electrons. The summed E-state index contributed by atoms with van der Waals surface area (Å²) in [4.78, 5) is 70.6. The predicted molar refractivity (Wildman–Crippen MR) is 209 cm³/mol. The van der Waals surface area contributed by atoms with Gasteiger partial charge in [-0.1, -0.05) is 41.5 Å². The van der Waals surface area contributed by atoms with Crippen LogP contribution in [0.1, 0.15) is 54.0 Å². The first kappa shape index (κ1) is 46.5. The molecule has 2 unspecified atom stereocenters. The molecule has 59 heavy (non-hydrogen) atoms. The first-order valence-electron chi connectivity index (χ1n) is 19.1. The highest BCUT2D eigenvalue weighted by Gasteiger charge is 2.54. The van der Waals surface area contributed by atoms with Crippen LogP contribution >= 0.6 is 15.6 Å². The van der Waals surface area contributed by atoms with Gasteiger partial charge in [-0.05, 0) is 39.3 Å². The molecule has 8 N–H and O–H groups in total. The number of anilines is 1. The number of ether oxygens (including phenoxy) is 2. The Morgan fingerprint density at radius 2 is 1.15 bits per heavy atom. The molecule has 10 atom stereocenters. The molecule has 0 bridgehead atoms. The van der Waals surface area contributed by atoms with Crippen LogP contribution in [0.4, 0.5) is 5.95 Å². The molecule has 3 aliphatic heterocycles. The van der Waals surface area contributed by atoms with E-state index in [1.54, 1.807) is 0 Å². The number of hydrogen-bond donors (Lipinski definition) is 7. The Hall–Kier alpha value is -3.52. The number of aromatic nitrogens is 8. The van der Waals surface area contributed by atoms with Crippen molar-refractivity contribution in [2.45, 2.75) is 90.6 Å². The van der Waals surface area contributed by atoms with Gasteiger partial charge in [0.2, 0.25) is 5.95 Å². The number of H-pyrrole nitrogens is 2. The monoisotopic (exact) mass is 877 g/mol. The van der Waals surface area contributed by atoms with Gasteiger partial charge in [0.25, 0.3) is 11.1 Å². The summed E-state index contributed by atoms with van der Waals surface area (Å²) in [6.45, 7) is 18.5. The summed E-state index contributed by atoms with van der Waals surface area (Å²) in [5.41, 5.74) is 3.96. The third-order valence-corrected chi connectivity index (χ3v) is 12.0. The molecule has 0 aliphatic carbocycles. The quantitative estimate of drug-likeness (QED) is 0.115. The Morgan fingerprint density at radius 3 is 1.58 bits per heavy atom. The lowest BCUT2D eigenvalue weighted by molar-refractivity contribution is -0.0664. The zero-order chi connectivity index (χ0) is 43.2. The number of hydrogen-bond acceptors (Lipinski definition) is 19. The zero-order valence-corrected chi connectivity index (χ0v) is 35.2. The van der Waals surface area contributed by atoms with Crippen molar-refractivity contribution in [3.63, 3.8) is 0 Å². The van der Waals surface area contributed by atoms with Crippen LogP contribution in [-0.4, -0.2) is 158 Å². The third kappa shape index (κ3) is 10.7. The van der Waals surface area contributed by atoms with Gasteiger partial charge in [-0.15, -0.1) is 0 Å². The summed E-state index contributed by atoms with van der Waals surface area (Å²) >= 11 is 0. The maximum absolute atomic E-state index is 13.1. The van der Waals surface area contributed by atoms with E-state index in [9.17, 15) is 38.7 Å². The molecule has 4 aromatic rings. The maximum atomic E-state index is 13.1. The number of fused-ring (bicyclic) bond motifs is 4. The van der Waals surface area contributed by atoms with E-state index in [1.165, 1.54) is 39.3 Å². The normalized spacial score (nSPS) is 31.2. The number of nitrogens with zero attached hydrogens (tertiary/aromatic N) is 8. The number of phosphoric acid groups is 2. The summed E-state index contributed by atoms with van der Waals surface area (Å²) in [6, 6.07) is 0. The van der Waals surface area contributed by atoms with Gasteiger partial charge in [0.1, 0.15) is 36.6 Å². The molecule has 25 nitrogen and oxygen atoms in total. The molecule has 4 aromatic heterocycles. The Bertz CT molecular complexity index is 2190. The second-order valence-corrected chi connectivity index (χ2v) is 16.2. The van der Waals surface area contributed by atoms with Crippen molar-refractivity contribution in [1.29, 1.82) is 0 Å². The SMILES string of the molecule is CCN(CC)CC.CCN(CC)CC.Nc1nc2c(ncn2[C@@H]2O[C@@H]3COP(=O)(O)O[C@H]4[C@@H](O)[C@H](n5cnc6c(=O)[nH]cnc65)O[C@@H]4COP(=O)(O)O[C@H]3[C@H]2O)c(=O)[nH]1. The van der Waals surface area contributed by atoms with E-state index in [-0.39, 0.29) is 28.3 Å². The van der Waals surface area contributed by atoms with Gasteiger partial charge in [0, 0.05) is 0 Å². The van der Waals surface area contributed by atoms with Crippen LogP contribution in [-0.2, 0) is 36.7 Å². The molecule has 7 heterocycles. The van der Waals surface area contributed by atoms with Crippen molar-refractivity contribution < 1.29 is 56.7 Å². The van der Waals surface area contributed by atoms with E-state index in [2.05, 4.69) is 81.2 Å². The van der Waals surface area contributed by atoms with Crippen molar-refractivity contribution in [2.75, 3.05) is 58.2 Å². The largest absolute Gasteiger partial charge is 0.472 e. The van der Waals surface area contributed by atoms with E-state index in [1.807, 2.05) is 0 Å². The summed E-state index contributed by atoms with van der Waals surface area (Å²) in [5, 5.41) is 22.2. The number of aliphatic hydroxyl groups excluding tert-OH is 2. The topological polar surface area (TPSA) is 330 Å². The smallest absolute Gasteiger partial charge is 0.386 e. The molecular formula is C32H53N11O14P2. The summed E-state index contributed by atoms with van der Waals surface area (Å²) in [5.74, 6) is -0.275. The average molecular weight is 878 g/mol. The molecule has 0 saturated carbocycles. The molecule has 3 aliphatic rings. The maximum Gasteiger partial charge on any atom is 0.472 e. The van der Waals surface area contributed by atoms with Gasteiger partial charge in [0.15, 0.2) is 34.8 Å². The third-order valence-electron chi connectivity index (χ3n) is 9.98. The molecule has 3 saturated heterocycles. The number of imidazole rings is 2. The van der Waals surface area contributed by atoms with Crippen molar-refractivity contribution in [3.8, 4) is 0 Å². The minimum Gasteiger partial charge on any atom is -0.386 e. The Morgan fingerprint density at radius 1 is 0.729 bits per heavy atom. The fourth-order valence-electron chi connectivity index (χ4n) is 6.65. The van der Waals surface area contributed by atoms with Gasteiger partial charge in [-0.25, -0.2) is 24.1 Å². The van der Waals surface area contributed by atoms with Gasteiger partial charge >= 0.3 is 15.6 Å². The number of nitrogens with two attached hydrogens (primary N) is 1. The lowest BCUT2D eigenvalue weighted by atomic mass is 10.1. The van der Waals surface area contributed by atoms with Crippen LogP contribution in [0, 0.1) is 0 Å². The predicted octanol–water partition coefficient (Wildman–Crippen LogP) is 0.0658. The van der Waals surface area contributed by atoms with Crippen LogP contribution in [0.15, 0.2) is 28.6 Å². The molecule has 7 rings (SSSR count). The summed E-state index contributed by atoms with van der Waals surface area (Å²) in [6.07, 6.45) is -9.53. The van der Waals surface area contributed by atoms with Crippen LogP contribution in [0.3, 0.4) is 0 Å². The van der Waals surface area contributed by atoms with Gasteiger partial charge in [0.05, 0.1) is 32.2 Å². The highest BCUT2D eigenvalue weighted by Crippen LogP contribution is 2.53. The number of nitrogen functional groups attached to an aromatic ring is 1. The van der Waals surface area contributed by atoms with Gasteiger partial charge in [-0.3, -0.25) is 41.8 Å². The van der Waals surface area contributed by atoms with E-state index in [0.717, 1.165) is 28.1 Å². The first-order chi connectivity index (χ1) is 28.0. The van der Waals surface area contributed by atoms with Crippen LogP contribution in [0.2, 0.25) is 0 Å². The van der Waals surface area contributed by atoms with Gasteiger partial charge in [-0.2, -0.15) is 4.98 Å². The fraction of sp³-hybridized carbons (Fsp3) is 0.688. The molecule has 330 valence electrons. The van der Waals surface area contributed by atoms with Crippen LogP contribution < -0.4 is 16.9 Å². The number of rotatable bonds is 8.